The minimum absolute atomic E-state index is 0.269. The zero-order valence-corrected chi connectivity index (χ0v) is 12.1. The predicted molar refractivity (Wildman–Crippen MR) is 80.5 cm³/mol. The maximum Gasteiger partial charge on any atom is 0.121 e. The molecular formula is C17H22N2O. The highest BCUT2D eigenvalue weighted by Crippen LogP contribution is 2.21. The van der Waals surface area contributed by atoms with Crippen LogP contribution in [-0.2, 0) is 0 Å². The van der Waals surface area contributed by atoms with Crippen molar-refractivity contribution in [2.75, 3.05) is 13.7 Å². The van der Waals surface area contributed by atoms with Gasteiger partial charge in [-0.15, -0.1) is 0 Å². The van der Waals surface area contributed by atoms with E-state index in [0.29, 0.717) is 0 Å². The van der Waals surface area contributed by atoms with Crippen LogP contribution in [0.4, 0.5) is 0 Å². The lowest BCUT2D eigenvalue weighted by Gasteiger charge is -2.16. The summed E-state index contributed by atoms with van der Waals surface area (Å²) in [5.41, 5.74) is 2.50. The van der Waals surface area contributed by atoms with Gasteiger partial charge in [-0.2, -0.15) is 5.26 Å². The van der Waals surface area contributed by atoms with E-state index >= 15 is 0 Å². The van der Waals surface area contributed by atoms with Gasteiger partial charge in [0.15, 0.2) is 0 Å². The zero-order chi connectivity index (χ0) is 14.2. The first-order valence-corrected chi connectivity index (χ1v) is 7.28. The Bertz CT molecular complexity index is 502. The van der Waals surface area contributed by atoms with Crippen LogP contribution in [0.2, 0.25) is 0 Å². The predicted octanol–water partition coefficient (Wildman–Crippen LogP) is 3.74. The summed E-state index contributed by atoms with van der Waals surface area (Å²) in [7, 11) is 1.64. The van der Waals surface area contributed by atoms with Crippen LogP contribution in [0.1, 0.15) is 43.7 Å². The molecule has 2 rings (SSSR count). The van der Waals surface area contributed by atoms with Crippen molar-refractivity contribution >= 4 is 0 Å². The molecule has 0 saturated carbocycles. The van der Waals surface area contributed by atoms with Crippen LogP contribution in [0.15, 0.2) is 35.9 Å². The molecule has 106 valence electrons. The van der Waals surface area contributed by atoms with Gasteiger partial charge in [-0.25, -0.2) is 0 Å². The van der Waals surface area contributed by atoms with Crippen LogP contribution in [-0.4, -0.2) is 13.7 Å². The van der Waals surface area contributed by atoms with Gasteiger partial charge in [-0.1, -0.05) is 23.8 Å². The van der Waals surface area contributed by atoms with Crippen molar-refractivity contribution in [3.8, 4) is 11.8 Å². The highest BCUT2D eigenvalue weighted by Gasteiger charge is 2.11. The largest absolute Gasteiger partial charge is 0.497 e. The van der Waals surface area contributed by atoms with Gasteiger partial charge in [0.25, 0.3) is 0 Å². The van der Waals surface area contributed by atoms with Gasteiger partial charge in [0, 0.05) is 6.54 Å². The van der Waals surface area contributed by atoms with E-state index in [-0.39, 0.29) is 6.04 Å². The fourth-order valence-electron chi connectivity index (χ4n) is 2.57. The summed E-state index contributed by atoms with van der Waals surface area (Å²) < 4.78 is 5.20. The van der Waals surface area contributed by atoms with Gasteiger partial charge in [0.2, 0.25) is 0 Å². The molecule has 0 fully saturated rings. The summed E-state index contributed by atoms with van der Waals surface area (Å²) in [6.45, 7) is 0.848. The van der Waals surface area contributed by atoms with Crippen LogP contribution in [0.5, 0.6) is 5.75 Å². The lowest BCUT2D eigenvalue weighted by molar-refractivity contribution is 0.413. The van der Waals surface area contributed by atoms with Crippen LogP contribution in [0, 0.1) is 11.3 Å². The Labute approximate surface area is 121 Å². The molecule has 0 aromatic heterocycles. The van der Waals surface area contributed by atoms with Crippen molar-refractivity contribution < 1.29 is 4.74 Å². The van der Waals surface area contributed by atoms with Crippen molar-refractivity contribution in [1.29, 1.82) is 5.26 Å². The van der Waals surface area contributed by atoms with Crippen molar-refractivity contribution in [1.82, 2.24) is 5.32 Å². The Morgan fingerprint density at radius 2 is 2.30 bits per heavy atom. The SMILES string of the molecule is COc1cccc(C(C#N)NCCC2=CCCCC2)c1. The Kier molecular flexibility index (Phi) is 5.64. The first-order valence-electron chi connectivity index (χ1n) is 7.28. The molecule has 3 nitrogen and oxygen atoms in total. The molecule has 1 atom stereocenters. The van der Waals surface area contributed by atoms with Gasteiger partial charge in [-0.05, 0) is 49.8 Å². The van der Waals surface area contributed by atoms with Crippen LogP contribution >= 0.6 is 0 Å². The van der Waals surface area contributed by atoms with E-state index in [2.05, 4.69) is 17.5 Å². The Hall–Kier alpha value is -1.79. The van der Waals surface area contributed by atoms with Gasteiger partial charge in [-0.3, -0.25) is 5.32 Å². The van der Waals surface area contributed by atoms with Gasteiger partial charge < -0.3 is 4.74 Å². The third-order valence-corrected chi connectivity index (χ3v) is 3.74. The van der Waals surface area contributed by atoms with E-state index in [1.807, 2.05) is 24.3 Å². The summed E-state index contributed by atoms with van der Waals surface area (Å²) in [5, 5.41) is 12.6. The quantitative estimate of drug-likeness (QED) is 0.801. The molecular weight excluding hydrogens is 248 g/mol. The molecule has 0 radical (unpaired) electrons. The van der Waals surface area contributed by atoms with Crippen molar-refractivity contribution in [2.45, 2.75) is 38.1 Å². The topological polar surface area (TPSA) is 45.0 Å². The number of ether oxygens (including phenoxy) is 1. The third kappa shape index (κ3) is 4.11. The summed E-state index contributed by atoms with van der Waals surface area (Å²) >= 11 is 0. The van der Waals surface area contributed by atoms with E-state index in [9.17, 15) is 5.26 Å². The number of hydrogen-bond donors (Lipinski definition) is 1. The number of benzene rings is 1. The fourth-order valence-corrected chi connectivity index (χ4v) is 2.57. The Morgan fingerprint density at radius 3 is 3.00 bits per heavy atom. The molecule has 20 heavy (non-hydrogen) atoms. The molecule has 1 aliphatic rings. The zero-order valence-electron chi connectivity index (χ0n) is 12.1. The smallest absolute Gasteiger partial charge is 0.121 e. The summed E-state index contributed by atoms with van der Waals surface area (Å²) in [6.07, 6.45) is 8.47. The number of rotatable bonds is 6. The van der Waals surface area contributed by atoms with Crippen LogP contribution < -0.4 is 10.1 Å². The monoisotopic (exact) mass is 270 g/mol. The second kappa shape index (κ2) is 7.72. The molecule has 0 heterocycles. The van der Waals surface area contributed by atoms with Gasteiger partial charge in [0.05, 0.1) is 13.2 Å². The second-order valence-electron chi connectivity index (χ2n) is 5.15. The first-order chi connectivity index (χ1) is 9.83. The molecule has 0 aliphatic heterocycles. The Balaban J connectivity index is 1.88. The fraction of sp³-hybridized carbons (Fsp3) is 0.471. The number of methoxy groups -OCH3 is 1. The molecule has 0 saturated heterocycles. The van der Waals surface area contributed by atoms with E-state index in [4.69, 9.17) is 4.74 Å². The molecule has 0 amide bonds. The average Bonchev–Trinajstić information content (AvgIpc) is 2.52. The number of nitrogens with zero attached hydrogens (tertiary/aromatic N) is 1. The minimum Gasteiger partial charge on any atom is -0.497 e. The van der Waals surface area contributed by atoms with Crippen molar-refractivity contribution in [3.05, 3.63) is 41.5 Å². The van der Waals surface area contributed by atoms with Gasteiger partial charge in [0.1, 0.15) is 11.8 Å². The van der Waals surface area contributed by atoms with E-state index in [1.54, 1.807) is 7.11 Å². The standard InChI is InChI=1S/C17H22N2O/c1-20-16-9-5-8-15(12-16)17(13-18)19-11-10-14-6-3-2-4-7-14/h5-6,8-9,12,17,19H,2-4,7,10-11H2,1H3. The molecule has 0 spiro atoms. The summed E-state index contributed by atoms with van der Waals surface area (Å²) in [5.74, 6) is 0.791. The highest BCUT2D eigenvalue weighted by molar-refractivity contribution is 5.33. The maximum absolute atomic E-state index is 9.31. The number of nitrogens with one attached hydrogen (secondary N) is 1. The third-order valence-electron chi connectivity index (χ3n) is 3.74. The molecule has 1 aliphatic carbocycles. The molecule has 1 N–H and O–H groups in total. The average molecular weight is 270 g/mol. The number of nitriles is 1. The highest BCUT2D eigenvalue weighted by atomic mass is 16.5. The molecule has 3 heteroatoms. The lowest BCUT2D eigenvalue weighted by atomic mass is 9.97. The first kappa shape index (κ1) is 14.6. The van der Waals surface area contributed by atoms with Crippen molar-refractivity contribution in [2.24, 2.45) is 0 Å². The van der Waals surface area contributed by atoms with Crippen LogP contribution in [0.25, 0.3) is 0 Å². The molecule has 1 unspecified atom stereocenters. The molecule has 1 aromatic rings. The normalized spacial score (nSPS) is 16.1. The molecule has 0 bridgehead atoms. The van der Waals surface area contributed by atoms with Crippen molar-refractivity contribution in [3.63, 3.8) is 0 Å². The van der Waals surface area contributed by atoms with E-state index in [0.717, 1.165) is 24.3 Å². The second-order valence-corrected chi connectivity index (χ2v) is 5.15. The van der Waals surface area contributed by atoms with Crippen LogP contribution in [0.3, 0.4) is 0 Å². The Morgan fingerprint density at radius 1 is 1.40 bits per heavy atom. The minimum atomic E-state index is -0.269. The van der Waals surface area contributed by atoms with E-state index in [1.165, 1.54) is 31.3 Å². The van der Waals surface area contributed by atoms with E-state index < -0.39 is 0 Å². The summed E-state index contributed by atoms with van der Waals surface area (Å²) in [4.78, 5) is 0. The lowest BCUT2D eigenvalue weighted by Crippen LogP contribution is -2.21. The van der Waals surface area contributed by atoms with Gasteiger partial charge >= 0.3 is 0 Å². The number of hydrogen-bond acceptors (Lipinski definition) is 3. The number of allylic oxidation sites excluding steroid dienone is 1. The maximum atomic E-state index is 9.31. The summed E-state index contributed by atoms with van der Waals surface area (Å²) in [6, 6.07) is 9.75. The molecule has 1 aromatic carbocycles.